The standard InChI is InChI=1S/C35H34IN3O5/c1-35(2,3)44-34(41)38-27(30(25-15-9-5-10-16-25)26-17-11-6-12-18-26)22-39-29(36)21-37-33(39)32-31(28(40)19-20-42-32)43-23-24-13-7-4-8-14-24/h4-21,27,30H,22-23H2,1-3H3,(H,38,41). The molecule has 0 aliphatic rings. The third-order valence-electron chi connectivity index (χ3n) is 6.87. The molecule has 0 spiro atoms. The predicted molar refractivity (Wildman–Crippen MR) is 178 cm³/mol. The first kappa shape index (κ1) is 31.1. The molecule has 0 bridgehead atoms. The Morgan fingerprint density at radius 2 is 1.52 bits per heavy atom. The Hall–Kier alpha value is -4.38. The third kappa shape index (κ3) is 7.76. The second-order valence-electron chi connectivity index (χ2n) is 11.3. The monoisotopic (exact) mass is 703 g/mol. The molecule has 5 rings (SSSR count). The van der Waals surface area contributed by atoms with Gasteiger partial charge in [-0.25, -0.2) is 9.78 Å². The summed E-state index contributed by atoms with van der Waals surface area (Å²) in [6.07, 6.45) is 2.51. The maximum absolute atomic E-state index is 13.3. The van der Waals surface area contributed by atoms with Crippen LogP contribution in [0.25, 0.3) is 11.6 Å². The van der Waals surface area contributed by atoms with Crippen LogP contribution < -0.4 is 15.5 Å². The minimum atomic E-state index is -0.684. The zero-order chi connectivity index (χ0) is 31.1. The molecule has 8 nitrogen and oxygen atoms in total. The maximum Gasteiger partial charge on any atom is 0.407 e. The van der Waals surface area contributed by atoms with Crippen LogP contribution in [0, 0.1) is 3.70 Å². The lowest BCUT2D eigenvalue weighted by Crippen LogP contribution is -2.45. The zero-order valence-corrected chi connectivity index (χ0v) is 26.9. The molecule has 2 heterocycles. The molecule has 226 valence electrons. The molecule has 1 atom stereocenters. The molecule has 0 aliphatic heterocycles. The van der Waals surface area contributed by atoms with Crippen LogP contribution in [0.1, 0.15) is 43.4 Å². The fourth-order valence-electron chi connectivity index (χ4n) is 5.00. The molecule has 3 aromatic carbocycles. The molecular formula is C35H34IN3O5. The number of imidazole rings is 1. The van der Waals surface area contributed by atoms with Gasteiger partial charge in [0, 0.05) is 18.5 Å². The summed E-state index contributed by atoms with van der Waals surface area (Å²) in [6.45, 7) is 5.97. The highest BCUT2D eigenvalue weighted by Crippen LogP contribution is 2.33. The number of aromatic nitrogens is 2. The number of nitrogens with zero attached hydrogens (tertiary/aromatic N) is 2. The molecule has 1 N–H and O–H groups in total. The van der Waals surface area contributed by atoms with Gasteiger partial charge in [0.05, 0.1) is 18.5 Å². The van der Waals surface area contributed by atoms with Gasteiger partial charge in [-0.3, -0.25) is 4.79 Å². The Morgan fingerprint density at radius 1 is 0.932 bits per heavy atom. The van der Waals surface area contributed by atoms with E-state index >= 15 is 0 Å². The van der Waals surface area contributed by atoms with Crippen LogP contribution in [0.2, 0.25) is 0 Å². The van der Waals surface area contributed by atoms with E-state index in [4.69, 9.17) is 13.9 Å². The summed E-state index contributed by atoms with van der Waals surface area (Å²) in [5, 5.41) is 3.15. The van der Waals surface area contributed by atoms with E-state index in [2.05, 4.69) is 32.9 Å². The number of hydrogen-bond donors (Lipinski definition) is 1. The molecule has 1 unspecified atom stereocenters. The maximum atomic E-state index is 13.3. The number of carbonyl (C=O) groups excluding carboxylic acids is 1. The fraction of sp³-hybridized carbons (Fsp3) is 0.229. The Labute approximate surface area is 270 Å². The molecule has 2 aromatic heterocycles. The summed E-state index contributed by atoms with van der Waals surface area (Å²) in [5.74, 6) is 0.445. The second kappa shape index (κ2) is 13.9. The average molecular weight is 704 g/mol. The second-order valence-corrected chi connectivity index (χ2v) is 12.4. The summed E-state index contributed by atoms with van der Waals surface area (Å²) in [7, 11) is 0. The smallest absolute Gasteiger partial charge is 0.407 e. The van der Waals surface area contributed by atoms with Crippen LogP contribution in [0.15, 0.2) is 119 Å². The highest BCUT2D eigenvalue weighted by molar-refractivity contribution is 14.1. The largest absolute Gasteiger partial charge is 0.481 e. The number of benzene rings is 3. The van der Waals surface area contributed by atoms with Gasteiger partial charge in [0.1, 0.15) is 15.9 Å². The topological polar surface area (TPSA) is 95.6 Å². The summed E-state index contributed by atoms with van der Waals surface area (Å²) >= 11 is 2.20. The van der Waals surface area contributed by atoms with E-state index in [1.54, 1.807) is 6.20 Å². The number of carbonyl (C=O) groups is 1. The van der Waals surface area contributed by atoms with Crippen LogP contribution >= 0.6 is 22.6 Å². The highest BCUT2D eigenvalue weighted by Gasteiger charge is 2.31. The zero-order valence-electron chi connectivity index (χ0n) is 24.8. The number of ether oxygens (including phenoxy) is 2. The van der Waals surface area contributed by atoms with Crippen molar-refractivity contribution in [3.63, 3.8) is 0 Å². The summed E-state index contributed by atoms with van der Waals surface area (Å²) in [6, 6.07) is 30.5. The van der Waals surface area contributed by atoms with Crippen molar-refractivity contribution in [2.24, 2.45) is 0 Å². The number of alkyl carbamates (subject to hydrolysis) is 1. The van der Waals surface area contributed by atoms with Gasteiger partial charge >= 0.3 is 6.09 Å². The van der Waals surface area contributed by atoms with Gasteiger partial charge < -0.3 is 23.8 Å². The number of nitrogens with one attached hydrogen (secondary N) is 1. The van der Waals surface area contributed by atoms with E-state index in [-0.39, 0.29) is 36.0 Å². The number of hydrogen-bond acceptors (Lipinski definition) is 6. The van der Waals surface area contributed by atoms with Gasteiger partial charge in [0.2, 0.25) is 16.9 Å². The van der Waals surface area contributed by atoms with E-state index in [1.807, 2.05) is 116 Å². The number of halogens is 1. The van der Waals surface area contributed by atoms with Gasteiger partial charge in [0.25, 0.3) is 0 Å². The fourth-order valence-corrected chi connectivity index (χ4v) is 5.57. The normalized spacial score (nSPS) is 12.1. The molecule has 44 heavy (non-hydrogen) atoms. The van der Waals surface area contributed by atoms with Crippen molar-refractivity contribution in [2.45, 2.75) is 51.5 Å². The summed E-state index contributed by atoms with van der Waals surface area (Å²) in [5.41, 5.74) is 1.96. The molecule has 5 aromatic rings. The summed E-state index contributed by atoms with van der Waals surface area (Å²) in [4.78, 5) is 31.0. The predicted octanol–water partition coefficient (Wildman–Crippen LogP) is 7.41. The van der Waals surface area contributed by atoms with Crippen LogP contribution in [0.3, 0.4) is 0 Å². The van der Waals surface area contributed by atoms with Crippen molar-refractivity contribution in [1.29, 1.82) is 0 Å². The third-order valence-corrected chi connectivity index (χ3v) is 7.73. The van der Waals surface area contributed by atoms with Crippen LogP contribution in [-0.4, -0.2) is 27.3 Å². The lowest BCUT2D eigenvalue weighted by molar-refractivity contribution is 0.0494. The van der Waals surface area contributed by atoms with Gasteiger partial charge in [-0.1, -0.05) is 91.0 Å². The molecule has 0 saturated heterocycles. The van der Waals surface area contributed by atoms with E-state index in [0.717, 1.165) is 20.4 Å². The van der Waals surface area contributed by atoms with E-state index < -0.39 is 17.7 Å². The molecule has 9 heteroatoms. The average Bonchev–Trinajstić information content (AvgIpc) is 3.36. The van der Waals surface area contributed by atoms with Crippen molar-refractivity contribution in [2.75, 3.05) is 0 Å². The summed E-state index contributed by atoms with van der Waals surface area (Å²) < 4.78 is 20.4. The Bertz CT molecular complexity index is 1690. The van der Waals surface area contributed by atoms with Crippen molar-refractivity contribution >= 4 is 28.7 Å². The van der Waals surface area contributed by atoms with Crippen molar-refractivity contribution in [3.8, 4) is 17.3 Å². The first-order valence-corrected chi connectivity index (χ1v) is 15.4. The number of rotatable bonds is 10. The van der Waals surface area contributed by atoms with Crippen molar-refractivity contribution in [1.82, 2.24) is 14.9 Å². The molecule has 1 amide bonds. The van der Waals surface area contributed by atoms with E-state index in [1.165, 1.54) is 12.3 Å². The quantitative estimate of drug-likeness (QED) is 0.152. The van der Waals surface area contributed by atoms with E-state index in [0.29, 0.717) is 5.82 Å². The van der Waals surface area contributed by atoms with Gasteiger partial charge in [-0.15, -0.1) is 0 Å². The molecule has 0 aliphatic carbocycles. The first-order chi connectivity index (χ1) is 21.2. The highest BCUT2D eigenvalue weighted by atomic mass is 127. The molecule has 0 saturated carbocycles. The number of amides is 1. The van der Waals surface area contributed by atoms with Gasteiger partial charge in [0.15, 0.2) is 5.82 Å². The van der Waals surface area contributed by atoms with Crippen LogP contribution in [0.4, 0.5) is 4.79 Å². The Morgan fingerprint density at radius 3 is 2.11 bits per heavy atom. The molecule has 0 radical (unpaired) electrons. The van der Waals surface area contributed by atoms with Crippen molar-refractivity contribution in [3.05, 3.63) is 140 Å². The molecular weight excluding hydrogens is 669 g/mol. The van der Waals surface area contributed by atoms with Crippen molar-refractivity contribution < 1.29 is 18.7 Å². The lowest BCUT2D eigenvalue weighted by Gasteiger charge is -2.31. The Balaban J connectivity index is 1.57. The Kier molecular flexibility index (Phi) is 9.84. The van der Waals surface area contributed by atoms with Gasteiger partial charge in [-0.2, -0.15) is 0 Å². The van der Waals surface area contributed by atoms with Crippen LogP contribution in [-0.2, 0) is 17.9 Å². The minimum Gasteiger partial charge on any atom is -0.481 e. The molecule has 0 fully saturated rings. The van der Waals surface area contributed by atoms with Crippen LogP contribution in [0.5, 0.6) is 5.75 Å². The van der Waals surface area contributed by atoms with E-state index in [9.17, 15) is 9.59 Å². The SMILES string of the molecule is CC(C)(C)OC(=O)NC(Cn1c(I)cnc1-c1occc(=O)c1OCc1ccccc1)C(c1ccccc1)c1ccccc1. The first-order valence-electron chi connectivity index (χ1n) is 14.3. The minimum absolute atomic E-state index is 0.0684. The lowest BCUT2D eigenvalue weighted by atomic mass is 9.85. The van der Waals surface area contributed by atoms with Gasteiger partial charge in [-0.05, 0) is 60.1 Å².